The van der Waals surface area contributed by atoms with Crippen molar-refractivity contribution in [1.82, 2.24) is 4.98 Å². The summed E-state index contributed by atoms with van der Waals surface area (Å²) in [6.07, 6.45) is 10.2. The Bertz CT molecular complexity index is 2630. The van der Waals surface area contributed by atoms with Crippen molar-refractivity contribution in [3.05, 3.63) is 156 Å². The summed E-state index contributed by atoms with van der Waals surface area (Å²) in [6, 6.07) is 36.4. The second kappa shape index (κ2) is 23.6. The molecule has 344 valence electrons. The molecule has 3 unspecified atom stereocenters. The van der Waals surface area contributed by atoms with Crippen molar-refractivity contribution >= 4 is 44.8 Å². The molecule has 0 N–H and O–H groups in total. The van der Waals surface area contributed by atoms with Gasteiger partial charge < -0.3 is 33.3 Å². The van der Waals surface area contributed by atoms with Gasteiger partial charge in [0.15, 0.2) is 0 Å². The first-order chi connectivity index (χ1) is 32.9. The number of benzene rings is 5. The Balaban J connectivity index is 0.891. The fraction of sp³-hybridized carbons (Fsp3) is 0.315. The van der Waals surface area contributed by atoms with Crippen LogP contribution in [0.3, 0.4) is 0 Å². The third kappa shape index (κ3) is 13.8. The number of thiazole rings is 1. The van der Waals surface area contributed by atoms with Crippen LogP contribution in [0.5, 0.6) is 23.0 Å². The van der Waals surface area contributed by atoms with Crippen LogP contribution in [-0.4, -0.2) is 68.3 Å². The van der Waals surface area contributed by atoms with Crippen LogP contribution in [0.1, 0.15) is 61.6 Å². The number of unbranched alkanes of at least 4 members (excludes halogenated alkanes) is 1. The molecular formula is C54H54N4O8S. The molecule has 1 aliphatic heterocycles. The predicted octanol–water partition coefficient (Wildman–Crippen LogP) is 11.1. The number of nitrogens with zero attached hydrogens (tertiary/aromatic N) is 4. The maximum Gasteiger partial charge on any atom is 0.335 e. The van der Waals surface area contributed by atoms with Crippen LogP contribution in [0.25, 0.3) is 26.2 Å². The molecule has 2 heterocycles. The van der Waals surface area contributed by atoms with E-state index in [1.54, 1.807) is 41.8 Å². The van der Waals surface area contributed by atoms with Crippen molar-refractivity contribution in [3.63, 3.8) is 0 Å². The van der Waals surface area contributed by atoms with Gasteiger partial charge in [-0.05, 0) is 115 Å². The highest BCUT2D eigenvalue weighted by Gasteiger charge is 2.43. The first kappa shape index (κ1) is 46.7. The molecule has 0 bridgehead atoms. The second-order valence-corrected chi connectivity index (χ2v) is 17.6. The number of carbonyl (C=O) groups is 2. The lowest BCUT2D eigenvalue weighted by molar-refractivity contribution is -0.134. The van der Waals surface area contributed by atoms with Gasteiger partial charge in [-0.2, -0.15) is 5.10 Å². The number of anilines is 1. The topological polar surface area (TPSA) is 126 Å². The van der Waals surface area contributed by atoms with Gasteiger partial charge in [0.2, 0.25) is 11.7 Å². The Labute approximate surface area is 395 Å². The minimum absolute atomic E-state index is 0.169. The molecule has 0 radical (unpaired) electrons. The third-order valence-corrected chi connectivity index (χ3v) is 12.6. The quantitative estimate of drug-likeness (QED) is 0.00846. The number of para-hydroxylation sites is 1. The minimum atomic E-state index is -0.507. The Morgan fingerprint density at radius 3 is 2.37 bits per heavy atom. The van der Waals surface area contributed by atoms with E-state index >= 15 is 0 Å². The summed E-state index contributed by atoms with van der Waals surface area (Å²) in [6.45, 7) is 14.0. The summed E-state index contributed by atoms with van der Waals surface area (Å²) >= 11 is 1.54. The fourth-order valence-corrected chi connectivity index (χ4v) is 8.76. The maximum absolute atomic E-state index is 13.4. The first-order valence-electron chi connectivity index (χ1n) is 22.9. The van der Waals surface area contributed by atoms with Crippen LogP contribution >= 0.6 is 11.3 Å². The first-order valence-corrected chi connectivity index (χ1v) is 23.7. The summed E-state index contributed by atoms with van der Waals surface area (Å²) < 4.78 is 36.0. The van der Waals surface area contributed by atoms with Crippen LogP contribution < -0.4 is 24.0 Å². The van der Waals surface area contributed by atoms with Crippen molar-refractivity contribution in [1.29, 1.82) is 0 Å². The van der Waals surface area contributed by atoms with Gasteiger partial charge in [-0.15, -0.1) is 0 Å². The van der Waals surface area contributed by atoms with Crippen molar-refractivity contribution in [2.45, 2.75) is 70.2 Å². The molecule has 1 aliphatic carbocycles. The molecule has 6 aromatic rings. The number of fused-ring (bicyclic) bond motifs is 2. The van der Waals surface area contributed by atoms with E-state index in [-0.39, 0.29) is 12.4 Å². The number of carbonyl (C=O) groups excluding carboxylic acids is 2. The molecule has 3 atom stereocenters. The molecule has 2 aliphatic rings. The molecule has 13 heteroatoms. The fourth-order valence-electron chi connectivity index (χ4n) is 7.81. The average Bonchev–Trinajstić information content (AvgIpc) is 4.01. The Kier molecular flexibility index (Phi) is 16.4. The normalized spacial score (nSPS) is 16.2. The molecule has 1 saturated heterocycles. The van der Waals surface area contributed by atoms with Gasteiger partial charge in [-0.1, -0.05) is 78.6 Å². The Morgan fingerprint density at radius 2 is 1.60 bits per heavy atom. The van der Waals surface area contributed by atoms with E-state index in [0.717, 1.165) is 88.1 Å². The predicted molar refractivity (Wildman–Crippen MR) is 261 cm³/mol. The van der Waals surface area contributed by atoms with Gasteiger partial charge in [-0.25, -0.2) is 21.4 Å². The average molecular weight is 919 g/mol. The minimum Gasteiger partial charge on any atom is -0.494 e. The lowest BCUT2D eigenvalue weighted by Gasteiger charge is -2.18. The summed E-state index contributed by atoms with van der Waals surface area (Å²) in [5.74, 6) is 1.87. The molecular weight excluding hydrogens is 865 g/mol. The van der Waals surface area contributed by atoms with Gasteiger partial charge in [-0.3, -0.25) is 4.79 Å². The highest BCUT2D eigenvalue weighted by molar-refractivity contribution is 7.22. The van der Waals surface area contributed by atoms with Crippen LogP contribution in [0.4, 0.5) is 5.13 Å². The zero-order valence-corrected chi connectivity index (χ0v) is 38.2. The highest BCUT2D eigenvalue weighted by Crippen LogP contribution is 2.39. The van der Waals surface area contributed by atoms with Crippen LogP contribution in [0, 0.1) is 12.5 Å². The van der Waals surface area contributed by atoms with Crippen LogP contribution in [0.2, 0.25) is 0 Å². The smallest absolute Gasteiger partial charge is 0.335 e. The van der Waals surface area contributed by atoms with E-state index < -0.39 is 5.97 Å². The van der Waals surface area contributed by atoms with Gasteiger partial charge in [0, 0.05) is 50.7 Å². The molecule has 0 amide bonds. The molecule has 8 rings (SSSR count). The van der Waals surface area contributed by atoms with Crippen molar-refractivity contribution < 1.29 is 38.0 Å². The van der Waals surface area contributed by atoms with Crippen LogP contribution in [-0.2, 0) is 32.1 Å². The molecule has 0 spiro atoms. The standard InChI is InChI=1S/C54H54N4O8S/c1-3-52(59)64-45-23-19-42(20-24-45)41-17-11-39(12-18-41)37-63-46-25-27-48(43(34-46)35-56-58(30-7-6-29-55-2)54-57-47-9-4-5-10-51(47)67-54)66-53(60)28-16-38-13-21-44(22-14-38)62-32-8-31-61-36-40-15-26-49-50(33-40)65-49/h3-5,9-14,17-25,27,34-35,40,49-50H,1,6-8,15-16,26,28-33,36-37H2/b56-35+. The number of hydrogen-bond acceptors (Lipinski definition) is 12. The highest BCUT2D eigenvalue weighted by atomic mass is 32.1. The van der Waals surface area contributed by atoms with Gasteiger partial charge >= 0.3 is 11.9 Å². The van der Waals surface area contributed by atoms with Crippen molar-refractivity contribution in [2.24, 2.45) is 11.0 Å². The monoisotopic (exact) mass is 918 g/mol. The number of aryl methyl sites for hydroxylation is 1. The van der Waals surface area contributed by atoms with E-state index in [1.165, 1.54) is 6.42 Å². The Hall–Kier alpha value is -6.85. The van der Waals surface area contributed by atoms with Gasteiger partial charge in [0.25, 0.3) is 0 Å². The number of rotatable bonds is 24. The number of hydrazone groups is 1. The molecule has 12 nitrogen and oxygen atoms in total. The van der Waals surface area contributed by atoms with E-state index in [4.69, 9.17) is 45.1 Å². The molecule has 2 fully saturated rings. The zero-order valence-electron chi connectivity index (χ0n) is 37.4. The number of esters is 2. The lowest BCUT2D eigenvalue weighted by Crippen LogP contribution is -2.19. The van der Waals surface area contributed by atoms with E-state index in [9.17, 15) is 9.59 Å². The third-order valence-electron chi connectivity index (χ3n) is 11.6. The zero-order chi connectivity index (χ0) is 46.2. The SMILES string of the molecule is [C-]#[N+]CCCCN(/N=C/c1cc(OCc2ccc(-c3ccc(OC(=O)C=C)cc3)cc2)ccc1OC(=O)CCc1ccc(OCCCOCC2CCC3OC3C2)cc1)c1nc2ccccc2s1. The molecule has 5 aromatic carbocycles. The Morgan fingerprint density at radius 1 is 0.836 bits per heavy atom. The van der Waals surface area contributed by atoms with Crippen molar-refractivity contribution in [3.8, 4) is 34.1 Å². The lowest BCUT2D eigenvalue weighted by atomic mass is 9.90. The van der Waals surface area contributed by atoms with E-state index in [2.05, 4.69) is 11.4 Å². The van der Waals surface area contributed by atoms with Gasteiger partial charge in [0.05, 0.1) is 35.2 Å². The van der Waals surface area contributed by atoms with Crippen molar-refractivity contribution in [2.75, 3.05) is 37.9 Å². The summed E-state index contributed by atoms with van der Waals surface area (Å²) in [5.41, 5.74) is 5.36. The van der Waals surface area contributed by atoms with E-state index in [0.29, 0.717) is 80.3 Å². The molecule has 67 heavy (non-hydrogen) atoms. The molecule has 1 aromatic heterocycles. The summed E-state index contributed by atoms with van der Waals surface area (Å²) in [5, 5.41) is 7.45. The number of hydrogen-bond donors (Lipinski definition) is 0. The largest absolute Gasteiger partial charge is 0.494 e. The number of aromatic nitrogens is 1. The summed E-state index contributed by atoms with van der Waals surface area (Å²) in [7, 11) is 0. The van der Waals surface area contributed by atoms with E-state index in [1.807, 2.05) is 96.0 Å². The number of ether oxygens (including phenoxy) is 6. The second-order valence-electron chi connectivity index (χ2n) is 16.5. The van der Waals surface area contributed by atoms with Gasteiger partial charge in [0.1, 0.15) is 29.6 Å². The summed E-state index contributed by atoms with van der Waals surface area (Å²) in [4.78, 5) is 33.3. The van der Waals surface area contributed by atoms with Crippen LogP contribution in [0.15, 0.2) is 133 Å². The molecule has 1 saturated carbocycles. The maximum atomic E-state index is 13.4. The number of epoxide rings is 1.